The molecule has 1 aliphatic heterocycles. The highest BCUT2D eigenvalue weighted by Crippen LogP contribution is 2.22. The number of aryl methyl sites for hydroxylation is 1. The predicted molar refractivity (Wildman–Crippen MR) is 78.8 cm³/mol. The summed E-state index contributed by atoms with van der Waals surface area (Å²) in [5.41, 5.74) is 0.372. The van der Waals surface area contributed by atoms with Crippen molar-refractivity contribution in [2.45, 2.75) is 45.4 Å². The number of alkyl carbamates (subject to hydrolysis) is 1. The molecule has 1 aromatic rings. The van der Waals surface area contributed by atoms with E-state index in [0.29, 0.717) is 0 Å². The highest BCUT2D eigenvalue weighted by molar-refractivity contribution is 5.69. The van der Waals surface area contributed by atoms with Gasteiger partial charge in [0.25, 0.3) is 0 Å². The van der Waals surface area contributed by atoms with Gasteiger partial charge in [0.2, 0.25) is 0 Å². The van der Waals surface area contributed by atoms with E-state index >= 15 is 0 Å². The van der Waals surface area contributed by atoms with Gasteiger partial charge in [-0.15, -0.1) is 0 Å². The first kappa shape index (κ1) is 16.1. The van der Waals surface area contributed by atoms with Gasteiger partial charge in [0, 0.05) is 19.3 Å². The summed E-state index contributed by atoms with van der Waals surface area (Å²) in [7, 11) is 0. The number of ether oxygens (including phenoxy) is 1. The Hall–Kier alpha value is -2.25. The maximum absolute atomic E-state index is 11.9. The number of carbonyl (C=O) groups is 2. The zero-order valence-corrected chi connectivity index (χ0v) is 13.2. The summed E-state index contributed by atoms with van der Waals surface area (Å²) in [4.78, 5) is 24.4. The molecule has 8 heteroatoms. The number of carboxylic acid groups (broad SMARTS) is 1. The van der Waals surface area contributed by atoms with Crippen LogP contribution in [0.3, 0.4) is 0 Å². The molecule has 0 aliphatic carbocycles. The number of likely N-dealkylation sites (tertiary alicyclic amines) is 1. The van der Waals surface area contributed by atoms with Crippen molar-refractivity contribution in [1.29, 1.82) is 0 Å². The molecule has 0 unspecified atom stereocenters. The van der Waals surface area contributed by atoms with Gasteiger partial charge in [-0.3, -0.25) is 4.68 Å². The minimum Gasteiger partial charge on any atom is -0.465 e. The van der Waals surface area contributed by atoms with Crippen molar-refractivity contribution < 1.29 is 19.4 Å². The molecular weight excluding hydrogens is 288 g/mol. The zero-order valence-electron chi connectivity index (χ0n) is 13.2. The molecule has 1 saturated heterocycles. The van der Waals surface area contributed by atoms with Crippen molar-refractivity contribution in [3.8, 4) is 0 Å². The second-order valence-corrected chi connectivity index (χ2v) is 6.51. The van der Waals surface area contributed by atoms with E-state index in [1.807, 2.05) is 13.1 Å². The number of amides is 2. The summed E-state index contributed by atoms with van der Waals surface area (Å²) in [6, 6.07) is -0.637. The van der Waals surface area contributed by atoms with E-state index < -0.39 is 17.8 Å². The lowest BCUT2D eigenvalue weighted by atomic mass is 10.2. The Balaban J connectivity index is 2.11. The van der Waals surface area contributed by atoms with Crippen LogP contribution in [0.2, 0.25) is 0 Å². The highest BCUT2D eigenvalue weighted by atomic mass is 16.6. The smallest absolute Gasteiger partial charge is 0.408 e. The van der Waals surface area contributed by atoms with Crippen molar-refractivity contribution in [2.24, 2.45) is 0 Å². The molecule has 22 heavy (non-hydrogen) atoms. The van der Waals surface area contributed by atoms with Crippen molar-refractivity contribution in [3.63, 3.8) is 0 Å². The molecule has 2 atom stereocenters. The van der Waals surface area contributed by atoms with Crippen molar-refractivity contribution >= 4 is 12.2 Å². The largest absolute Gasteiger partial charge is 0.465 e. The quantitative estimate of drug-likeness (QED) is 0.865. The Morgan fingerprint density at radius 3 is 2.59 bits per heavy atom. The first-order chi connectivity index (χ1) is 10.2. The summed E-state index contributed by atoms with van der Waals surface area (Å²) in [6.07, 6.45) is 1.97. The average molecular weight is 310 g/mol. The average Bonchev–Trinajstić information content (AvgIpc) is 2.93. The summed E-state index contributed by atoms with van der Waals surface area (Å²) in [5.74, 6) is 0. The minimum atomic E-state index is -1.01. The van der Waals surface area contributed by atoms with E-state index in [2.05, 4.69) is 10.4 Å². The number of nitrogens with zero attached hydrogens (tertiary/aromatic N) is 3. The Bertz CT molecular complexity index is 563. The molecule has 122 valence electrons. The topological polar surface area (TPSA) is 96.7 Å². The second-order valence-electron chi connectivity index (χ2n) is 6.51. The summed E-state index contributed by atoms with van der Waals surface area (Å²) < 4.78 is 6.93. The van der Waals surface area contributed by atoms with Gasteiger partial charge < -0.3 is 20.1 Å². The maximum Gasteiger partial charge on any atom is 0.408 e. The first-order valence-corrected chi connectivity index (χ1v) is 7.14. The Morgan fingerprint density at radius 2 is 2.09 bits per heavy atom. The third-order valence-electron chi connectivity index (χ3n) is 3.33. The number of nitrogens with one attached hydrogen (secondary N) is 1. The number of hydrogen-bond donors (Lipinski definition) is 2. The summed E-state index contributed by atoms with van der Waals surface area (Å²) in [6.45, 7) is 7.72. The summed E-state index contributed by atoms with van der Waals surface area (Å²) >= 11 is 0. The number of aromatic nitrogens is 2. The van der Waals surface area contributed by atoms with Gasteiger partial charge in [-0.05, 0) is 33.3 Å². The molecule has 0 aromatic carbocycles. The van der Waals surface area contributed by atoms with Gasteiger partial charge in [0.05, 0.1) is 18.3 Å². The molecule has 2 amide bonds. The van der Waals surface area contributed by atoms with Crippen LogP contribution in [0.15, 0.2) is 12.4 Å². The lowest BCUT2D eigenvalue weighted by Crippen LogP contribution is -2.44. The number of hydrogen-bond acceptors (Lipinski definition) is 4. The molecule has 0 spiro atoms. The Labute approximate surface area is 129 Å². The van der Waals surface area contributed by atoms with Crippen LogP contribution in [0.25, 0.3) is 0 Å². The molecule has 1 fully saturated rings. The van der Waals surface area contributed by atoms with Crippen LogP contribution in [0, 0.1) is 6.92 Å². The molecule has 2 rings (SSSR count). The van der Waals surface area contributed by atoms with Gasteiger partial charge in [-0.25, -0.2) is 9.59 Å². The fourth-order valence-corrected chi connectivity index (χ4v) is 2.43. The summed E-state index contributed by atoms with van der Waals surface area (Å²) in [5, 5.41) is 16.2. The SMILES string of the molecule is Cc1cnn([C@@H]2CN(C(=O)O)C[C@H]2NC(=O)OC(C)(C)C)c1. The van der Waals surface area contributed by atoms with Crippen LogP contribution >= 0.6 is 0 Å². The fraction of sp³-hybridized carbons (Fsp3) is 0.643. The lowest BCUT2D eigenvalue weighted by Gasteiger charge is -2.24. The zero-order chi connectivity index (χ0) is 16.5. The van der Waals surface area contributed by atoms with Crippen LogP contribution in [-0.4, -0.2) is 56.7 Å². The van der Waals surface area contributed by atoms with Crippen LogP contribution in [-0.2, 0) is 4.74 Å². The molecule has 2 N–H and O–H groups in total. The molecule has 0 saturated carbocycles. The normalized spacial score (nSPS) is 21.7. The molecule has 1 aliphatic rings. The molecule has 2 heterocycles. The highest BCUT2D eigenvalue weighted by Gasteiger charge is 2.38. The van der Waals surface area contributed by atoms with Crippen molar-refractivity contribution in [3.05, 3.63) is 18.0 Å². The van der Waals surface area contributed by atoms with E-state index in [0.717, 1.165) is 5.56 Å². The van der Waals surface area contributed by atoms with Crippen LogP contribution in [0.1, 0.15) is 32.4 Å². The van der Waals surface area contributed by atoms with Crippen LogP contribution in [0.5, 0.6) is 0 Å². The van der Waals surface area contributed by atoms with Crippen molar-refractivity contribution in [1.82, 2.24) is 20.0 Å². The molecule has 8 nitrogen and oxygen atoms in total. The van der Waals surface area contributed by atoms with E-state index in [-0.39, 0.29) is 25.2 Å². The van der Waals surface area contributed by atoms with Crippen molar-refractivity contribution in [2.75, 3.05) is 13.1 Å². The Kier molecular flexibility index (Phi) is 4.30. The monoisotopic (exact) mass is 310 g/mol. The van der Waals surface area contributed by atoms with Crippen LogP contribution in [0.4, 0.5) is 9.59 Å². The second kappa shape index (κ2) is 5.86. The lowest BCUT2D eigenvalue weighted by molar-refractivity contribution is 0.0495. The van der Waals surface area contributed by atoms with E-state index in [1.165, 1.54) is 4.90 Å². The van der Waals surface area contributed by atoms with Gasteiger partial charge in [0.1, 0.15) is 5.60 Å². The molecule has 1 aromatic heterocycles. The third kappa shape index (κ3) is 3.90. The van der Waals surface area contributed by atoms with E-state index in [4.69, 9.17) is 4.74 Å². The predicted octanol–water partition coefficient (Wildman–Crippen LogP) is 1.62. The van der Waals surface area contributed by atoms with Gasteiger partial charge in [-0.1, -0.05) is 0 Å². The third-order valence-corrected chi connectivity index (χ3v) is 3.33. The van der Waals surface area contributed by atoms with E-state index in [1.54, 1.807) is 31.6 Å². The fourth-order valence-electron chi connectivity index (χ4n) is 2.43. The van der Waals surface area contributed by atoms with Gasteiger partial charge in [0.15, 0.2) is 0 Å². The first-order valence-electron chi connectivity index (χ1n) is 7.14. The minimum absolute atomic E-state index is 0.206. The van der Waals surface area contributed by atoms with Gasteiger partial charge in [-0.2, -0.15) is 5.10 Å². The van der Waals surface area contributed by atoms with E-state index in [9.17, 15) is 14.7 Å². The maximum atomic E-state index is 11.9. The number of carbonyl (C=O) groups excluding carboxylic acids is 1. The van der Waals surface area contributed by atoms with Gasteiger partial charge >= 0.3 is 12.2 Å². The molecular formula is C14H22N4O4. The molecule has 0 radical (unpaired) electrons. The Morgan fingerprint density at radius 1 is 1.41 bits per heavy atom. The number of rotatable bonds is 2. The standard InChI is InChI=1S/C14H22N4O4/c1-9-5-15-18(6-9)11-8-17(13(20)21)7-10(11)16-12(19)22-14(2,3)4/h5-6,10-11H,7-8H2,1-4H3,(H,16,19)(H,20,21)/t10-,11-/m1/s1. The molecule has 0 bridgehead atoms. The van der Waals surface area contributed by atoms with Crippen LogP contribution < -0.4 is 5.32 Å².